The topological polar surface area (TPSA) is 70.8 Å². The van der Waals surface area contributed by atoms with Gasteiger partial charge >= 0.3 is 0 Å². The standard InChI is InChI=1S/C16H23N5/c1-12(14-5-3-2-4-6-14)15-18-16(20-19-15)21-9-7-13(11-17)8-10-21/h2-6,12-13H,7-11,17H2,1H3,(H,18,19,20). The molecule has 2 heterocycles. The quantitative estimate of drug-likeness (QED) is 0.903. The Bertz CT molecular complexity index is 557. The van der Waals surface area contributed by atoms with Gasteiger partial charge in [0.15, 0.2) is 0 Å². The van der Waals surface area contributed by atoms with Gasteiger partial charge in [0, 0.05) is 19.0 Å². The van der Waals surface area contributed by atoms with E-state index < -0.39 is 0 Å². The predicted molar refractivity (Wildman–Crippen MR) is 84.3 cm³/mol. The molecule has 5 nitrogen and oxygen atoms in total. The number of aromatic amines is 1. The highest BCUT2D eigenvalue weighted by Crippen LogP contribution is 2.24. The third kappa shape index (κ3) is 3.08. The van der Waals surface area contributed by atoms with E-state index in [9.17, 15) is 0 Å². The number of anilines is 1. The molecule has 21 heavy (non-hydrogen) atoms. The van der Waals surface area contributed by atoms with Crippen LogP contribution in [0, 0.1) is 5.92 Å². The fourth-order valence-electron chi connectivity index (χ4n) is 2.87. The highest BCUT2D eigenvalue weighted by Gasteiger charge is 2.22. The highest BCUT2D eigenvalue weighted by molar-refractivity contribution is 5.32. The molecule has 3 rings (SSSR count). The van der Waals surface area contributed by atoms with E-state index in [0.29, 0.717) is 5.92 Å². The molecule has 1 aliphatic heterocycles. The molecule has 0 aliphatic carbocycles. The first-order chi connectivity index (χ1) is 10.3. The van der Waals surface area contributed by atoms with Crippen LogP contribution in [-0.4, -0.2) is 34.8 Å². The molecule has 1 aromatic carbocycles. The summed E-state index contributed by atoms with van der Waals surface area (Å²) < 4.78 is 0. The second-order valence-electron chi connectivity index (χ2n) is 5.82. The summed E-state index contributed by atoms with van der Waals surface area (Å²) in [4.78, 5) is 6.94. The number of nitrogens with one attached hydrogen (secondary N) is 1. The Kier molecular flexibility index (Phi) is 4.20. The summed E-state index contributed by atoms with van der Waals surface area (Å²) in [6.45, 7) is 4.94. The van der Waals surface area contributed by atoms with Crippen LogP contribution in [0.25, 0.3) is 0 Å². The molecule has 2 aromatic rings. The normalized spacial score (nSPS) is 17.9. The summed E-state index contributed by atoms with van der Waals surface area (Å²) in [5, 5.41) is 7.49. The van der Waals surface area contributed by atoms with Crippen LogP contribution in [0.4, 0.5) is 5.95 Å². The van der Waals surface area contributed by atoms with Gasteiger partial charge < -0.3 is 10.6 Å². The lowest BCUT2D eigenvalue weighted by Crippen LogP contribution is -2.36. The Balaban J connectivity index is 1.69. The van der Waals surface area contributed by atoms with Gasteiger partial charge in [-0.2, -0.15) is 4.98 Å². The zero-order chi connectivity index (χ0) is 14.7. The zero-order valence-electron chi connectivity index (χ0n) is 12.5. The van der Waals surface area contributed by atoms with Gasteiger partial charge in [-0.3, -0.25) is 5.10 Å². The average Bonchev–Trinajstić information content (AvgIpc) is 3.05. The van der Waals surface area contributed by atoms with Crippen molar-refractivity contribution in [2.24, 2.45) is 11.7 Å². The van der Waals surface area contributed by atoms with Crippen molar-refractivity contribution in [3.05, 3.63) is 41.7 Å². The molecule has 0 bridgehead atoms. The van der Waals surface area contributed by atoms with Gasteiger partial charge in [0.1, 0.15) is 5.82 Å². The molecule has 1 aromatic heterocycles. The first-order valence-electron chi connectivity index (χ1n) is 7.70. The summed E-state index contributed by atoms with van der Waals surface area (Å²) in [5.41, 5.74) is 6.99. The number of H-pyrrole nitrogens is 1. The summed E-state index contributed by atoms with van der Waals surface area (Å²) in [6.07, 6.45) is 2.27. The van der Waals surface area contributed by atoms with Crippen LogP contribution in [0.2, 0.25) is 0 Å². The van der Waals surface area contributed by atoms with Gasteiger partial charge in [-0.15, -0.1) is 5.10 Å². The minimum absolute atomic E-state index is 0.231. The molecule has 0 radical (unpaired) electrons. The number of nitrogens with zero attached hydrogens (tertiary/aromatic N) is 3. The third-order valence-corrected chi connectivity index (χ3v) is 4.43. The van der Waals surface area contributed by atoms with Crippen molar-refractivity contribution in [2.75, 3.05) is 24.5 Å². The highest BCUT2D eigenvalue weighted by atomic mass is 15.4. The van der Waals surface area contributed by atoms with Crippen LogP contribution in [0.5, 0.6) is 0 Å². The molecule has 0 saturated carbocycles. The summed E-state index contributed by atoms with van der Waals surface area (Å²) in [7, 11) is 0. The maximum atomic E-state index is 5.74. The van der Waals surface area contributed by atoms with Crippen LogP contribution in [0.1, 0.15) is 37.1 Å². The lowest BCUT2D eigenvalue weighted by atomic mass is 9.97. The molecule has 1 atom stereocenters. The molecule has 5 heteroatoms. The number of aromatic nitrogens is 3. The van der Waals surface area contributed by atoms with E-state index in [4.69, 9.17) is 5.73 Å². The number of piperidine rings is 1. The molecule has 0 amide bonds. The predicted octanol–water partition coefficient (Wildman–Crippen LogP) is 2.13. The number of hydrogen-bond donors (Lipinski definition) is 2. The second-order valence-corrected chi connectivity index (χ2v) is 5.82. The van der Waals surface area contributed by atoms with E-state index in [1.54, 1.807) is 0 Å². The van der Waals surface area contributed by atoms with E-state index in [1.165, 1.54) is 5.56 Å². The second kappa shape index (κ2) is 6.26. The maximum absolute atomic E-state index is 5.74. The Labute approximate surface area is 125 Å². The van der Waals surface area contributed by atoms with E-state index in [1.807, 2.05) is 6.07 Å². The number of nitrogens with two attached hydrogens (primary N) is 1. The summed E-state index contributed by atoms with van der Waals surface area (Å²) in [6, 6.07) is 10.4. The minimum atomic E-state index is 0.231. The monoisotopic (exact) mass is 285 g/mol. The molecular formula is C16H23N5. The first kappa shape index (κ1) is 14.1. The van der Waals surface area contributed by atoms with Gasteiger partial charge in [0.25, 0.3) is 0 Å². The van der Waals surface area contributed by atoms with Crippen molar-refractivity contribution >= 4 is 5.95 Å². The van der Waals surface area contributed by atoms with Crippen LogP contribution in [0.15, 0.2) is 30.3 Å². The largest absolute Gasteiger partial charge is 0.340 e. The van der Waals surface area contributed by atoms with Crippen LogP contribution < -0.4 is 10.6 Å². The van der Waals surface area contributed by atoms with Crippen molar-refractivity contribution in [1.82, 2.24) is 15.2 Å². The first-order valence-corrected chi connectivity index (χ1v) is 7.70. The maximum Gasteiger partial charge on any atom is 0.244 e. The molecule has 1 unspecified atom stereocenters. The molecule has 1 fully saturated rings. The lowest BCUT2D eigenvalue weighted by Gasteiger charge is -2.30. The van der Waals surface area contributed by atoms with E-state index >= 15 is 0 Å². The van der Waals surface area contributed by atoms with Crippen molar-refractivity contribution in [3.63, 3.8) is 0 Å². The molecule has 3 N–H and O–H groups in total. The third-order valence-electron chi connectivity index (χ3n) is 4.43. The molecular weight excluding hydrogens is 262 g/mol. The molecule has 112 valence electrons. The van der Waals surface area contributed by atoms with Crippen LogP contribution in [0.3, 0.4) is 0 Å². The fourth-order valence-corrected chi connectivity index (χ4v) is 2.87. The number of hydrogen-bond acceptors (Lipinski definition) is 4. The molecule has 1 saturated heterocycles. The summed E-state index contributed by atoms with van der Waals surface area (Å²) >= 11 is 0. The van der Waals surface area contributed by atoms with Crippen molar-refractivity contribution in [2.45, 2.75) is 25.7 Å². The van der Waals surface area contributed by atoms with Gasteiger partial charge in [-0.25, -0.2) is 0 Å². The van der Waals surface area contributed by atoms with Gasteiger partial charge in [-0.1, -0.05) is 37.3 Å². The SMILES string of the molecule is CC(c1ccccc1)c1nc(N2CCC(CN)CC2)n[nH]1. The molecule has 1 aliphatic rings. The molecule has 0 spiro atoms. The van der Waals surface area contributed by atoms with Crippen molar-refractivity contribution in [3.8, 4) is 0 Å². The van der Waals surface area contributed by atoms with E-state index in [0.717, 1.165) is 44.2 Å². The van der Waals surface area contributed by atoms with Gasteiger partial charge in [0.05, 0.1) is 0 Å². The Morgan fingerprint density at radius 3 is 2.67 bits per heavy atom. The number of rotatable bonds is 4. The average molecular weight is 285 g/mol. The minimum Gasteiger partial charge on any atom is -0.340 e. The fraction of sp³-hybridized carbons (Fsp3) is 0.500. The number of benzene rings is 1. The van der Waals surface area contributed by atoms with Gasteiger partial charge in [-0.05, 0) is 30.9 Å². The van der Waals surface area contributed by atoms with Crippen LogP contribution in [-0.2, 0) is 0 Å². The van der Waals surface area contributed by atoms with Crippen molar-refractivity contribution in [1.29, 1.82) is 0 Å². The summed E-state index contributed by atoms with van der Waals surface area (Å²) in [5.74, 6) is 2.64. The van der Waals surface area contributed by atoms with Crippen LogP contribution >= 0.6 is 0 Å². The van der Waals surface area contributed by atoms with Gasteiger partial charge in [0.2, 0.25) is 5.95 Å². The smallest absolute Gasteiger partial charge is 0.244 e. The lowest BCUT2D eigenvalue weighted by molar-refractivity contribution is 0.411. The Morgan fingerprint density at radius 2 is 2.00 bits per heavy atom. The Morgan fingerprint density at radius 1 is 1.29 bits per heavy atom. The van der Waals surface area contributed by atoms with E-state index in [2.05, 4.69) is 51.3 Å². The van der Waals surface area contributed by atoms with E-state index in [-0.39, 0.29) is 5.92 Å². The Hall–Kier alpha value is -1.88. The van der Waals surface area contributed by atoms with Crippen molar-refractivity contribution < 1.29 is 0 Å². The zero-order valence-corrected chi connectivity index (χ0v) is 12.5.